The van der Waals surface area contributed by atoms with Crippen LogP contribution in [0.5, 0.6) is 0 Å². The third-order valence-corrected chi connectivity index (χ3v) is 4.50. The Hall–Kier alpha value is -2.14. The molecule has 2 aromatic carbocycles. The number of carbonyl (C=O) groups excluding carboxylic acids is 2. The highest BCUT2D eigenvalue weighted by atomic mass is 79.9. The summed E-state index contributed by atoms with van der Waals surface area (Å²) in [5.74, 6) is -0.765. The number of esters is 1. The summed E-state index contributed by atoms with van der Waals surface area (Å²) in [4.78, 5) is 24.3. The molecule has 1 aliphatic heterocycles. The lowest BCUT2D eigenvalue weighted by atomic mass is 9.98. The van der Waals surface area contributed by atoms with Crippen LogP contribution >= 0.6 is 15.9 Å². The molecular weight excluding hydrogens is 346 g/mol. The number of carbonyl (C=O) groups is 2. The monoisotopic (exact) mass is 359 g/mol. The summed E-state index contributed by atoms with van der Waals surface area (Å²) in [6.07, 6.45) is -0.408. The van der Waals surface area contributed by atoms with E-state index >= 15 is 0 Å². The van der Waals surface area contributed by atoms with Crippen molar-refractivity contribution < 1.29 is 14.3 Å². The SMILES string of the molecule is Cc1cc(NC(=O)[C@H]2Cc3ccccc3C(=O)O2)ccc1Br. The zero-order valence-electron chi connectivity index (χ0n) is 11.9. The van der Waals surface area contributed by atoms with Gasteiger partial charge in [-0.25, -0.2) is 4.79 Å². The number of aryl methyl sites for hydroxylation is 1. The van der Waals surface area contributed by atoms with Crippen LogP contribution in [0.25, 0.3) is 0 Å². The van der Waals surface area contributed by atoms with Gasteiger partial charge in [0.2, 0.25) is 0 Å². The van der Waals surface area contributed by atoms with E-state index in [1.165, 1.54) is 0 Å². The molecule has 0 fully saturated rings. The van der Waals surface area contributed by atoms with Crippen LogP contribution < -0.4 is 5.32 Å². The Morgan fingerprint density at radius 3 is 2.82 bits per heavy atom. The van der Waals surface area contributed by atoms with E-state index in [4.69, 9.17) is 4.74 Å². The summed E-state index contributed by atoms with van der Waals surface area (Å²) in [6.45, 7) is 1.94. The molecule has 1 amide bonds. The predicted octanol–water partition coefficient (Wildman–Crippen LogP) is 3.48. The molecule has 0 aromatic heterocycles. The van der Waals surface area contributed by atoms with Gasteiger partial charge in [0.15, 0.2) is 6.10 Å². The second-order valence-corrected chi connectivity index (χ2v) is 6.06. The number of cyclic esters (lactones) is 1. The Balaban J connectivity index is 1.76. The van der Waals surface area contributed by atoms with Gasteiger partial charge in [-0.1, -0.05) is 34.1 Å². The van der Waals surface area contributed by atoms with Gasteiger partial charge >= 0.3 is 5.97 Å². The second kappa shape index (κ2) is 5.93. The predicted molar refractivity (Wildman–Crippen MR) is 86.9 cm³/mol. The minimum atomic E-state index is -0.800. The highest BCUT2D eigenvalue weighted by Gasteiger charge is 2.31. The number of anilines is 1. The minimum absolute atomic E-state index is 0.315. The summed E-state index contributed by atoms with van der Waals surface area (Å²) in [5, 5.41) is 2.79. The average Bonchev–Trinajstić information content (AvgIpc) is 2.51. The summed E-state index contributed by atoms with van der Waals surface area (Å²) in [5.41, 5.74) is 3.07. The molecule has 0 radical (unpaired) electrons. The summed E-state index contributed by atoms with van der Waals surface area (Å²) in [6, 6.07) is 12.7. The van der Waals surface area contributed by atoms with Gasteiger partial charge < -0.3 is 10.1 Å². The van der Waals surface area contributed by atoms with Crippen LogP contribution in [0.3, 0.4) is 0 Å². The van der Waals surface area contributed by atoms with Crippen molar-refractivity contribution in [1.82, 2.24) is 0 Å². The molecule has 1 N–H and O–H groups in total. The van der Waals surface area contributed by atoms with Crippen LogP contribution in [0.4, 0.5) is 5.69 Å². The second-order valence-electron chi connectivity index (χ2n) is 5.21. The van der Waals surface area contributed by atoms with Crippen molar-refractivity contribution in [2.45, 2.75) is 19.4 Å². The van der Waals surface area contributed by atoms with E-state index in [2.05, 4.69) is 21.2 Å². The standard InChI is InChI=1S/C17H14BrNO3/c1-10-8-12(6-7-14(10)18)19-16(20)15-9-11-4-2-3-5-13(11)17(21)22-15/h2-8,15H,9H2,1H3,(H,19,20)/t15-/m1/s1. The van der Waals surface area contributed by atoms with Gasteiger partial charge in [-0.3, -0.25) is 4.79 Å². The molecule has 0 spiro atoms. The van der Waals surface area contributed by atoms with E-state index in [1.807, 2.05) is 31.2 Å². The molecule has 2 aromatic rings. The smallest absolute Gasteiger partial charge is 0.339 e. The fourth-order valence-electron chi connectivity index (χ4n) is 2.42. The Morgan fingerprint density at radius 2 is 2.05 bits per heavy atom. The molecule has 1 atom stereocenters. The third kappa shape index (κ3) is 2.90. The highest BCUT2D eigenvalue weighted by Crippen LogP contribution is 2.23. The quantitative estimate of drug-likeness (QED) is 0.835. The Bertz CT molecular complexity index is 757. The molecule has 22 heavy (non-hydrogen) atoms. The van der Waals surface area contributed by atoms with Gasteiger partial charge in [0, 0.05) is 16.6 Å². The van der Waals surface area contributed by atoms with E-state index in [0.29, 0.717) is 17.7 Å². The van der Waals surface area contributed by atoms with Crippen molar-refractivity contribution in [1.29, 1.82) is 0 Å². The van der Waals surface area contributed by atoms with E-state index < -0.39 is 12.1 Å². The van der Waals surface area contributed by atoms with Crippen molar-refractivity contribution in [3.8, 4) is 0 Å². The first-order valence-corrected chi connectivity index (χ1v) is 7.70. The Labute approximate surface area is 136 Å². The maximum absolute atomic E-state index is 12.3. The number of halogens is 1. The largest absolute Gasteiger partial charge is 0.448 e. The number of hydrogen-bond donors (Lipinski definition) is 1. The summed E-state index contributed by atoms with van der Waals surface area (Å²) < 4.78 is 6.22. The maximum atomic E-state index is 12.3. The van der Waals surface area contributed by atoms with Crippen LogP contribution in [0.2, 0.25) is 0 Å². The normalized spacial score (nSPS) is 16.6. The van der Waals surface area contributed by atoms with Crippen molar-refractivity contribution in [3.63, 3.8) is 0 Å². The molecule has 0 saturated heterocycles. The van der Waals surface area contributed by atoms with Gasteiger partial charge in [-0.05, 0) is 42.3 Å². The Kier molecular flexibility index (Phi) is 3.98. The lowest BCUT2D eigenvalue weighted by Gasteiger charge is -2.23. The summed E-state index contributed by atoms with van der Waals surface area (Å²) in [7, 11) is 0. The van der Waals surface area contributed by atoms with Crippen molar-refractivity contribution in [2.24, 2.45) is 0 Å². The molecule has 112 valence electrons. The number of ether oxygens (including phenoxy) is 1. The van der Waals surface area contributed by atoms with E-state index in [0.717, 1.165) is 15.6 Å². The molecular formula is C17H14BrNO3. The number of fused-ring (bicyclic) bond motifs is 1. The van der Waals surface area contributed by atoms with Crippen molar-refractivity contribution >= 4 is 33.5 Å². The van der Waals surface area contributed by atoms with E-state index in [1.54, 1.807) is 18.2 Å². The molecule has 3 rings (SSSR count). The maximum Gasteiger partial charge on any atom is 0.339 e. The van der Waals surface area contributed by atoms with E-state index in [9.17, 15) is 9.59 Å². The van der Waals surface area contributed by atoms with Crippen LogP contribution in [0.1, 0.15) is 21.5 Å². The fraction of sp³-hybridized carbons (Fsp3) is 0.176. The summed E-state index contributed by atoms with van der Waals surface area (Å²) >= 11 is 3.42. The zero-order chi connectivity index (χ0) is 15.7. The molecule has 0 unspecified atom stereocenters. The molecule has 0 aliphatic carbocycles. The number of hydrogen-bond acceptors (Lipinski definition) is 3. The first-order valence-electron chi connectivity index (χ1n) is 6.90. The lowest BCUT2D eigenvalue weighted by Crippen LogP contribution is -2.37. The molecule has 1 heterocycles. The molecule has 4 nitrogen and oxygen atoms in total. The minimum Gasteiger partial charge on any atom is -0.448 e. The molecule has 0 bridgehead atoms. The first kappa shape index (κ1) is 14.8. The fourth-order valence-corrected chi connectivity index (χ4v) is 2.67. The van der Waals surface area contributed by atoms with Gasteiger partial charge in [-0.15, -0.1) is 0 Å². The van der Waals surface area contributed by atoms with Crippen molar-refractivity contribution in [3.05, 3.63) is 63.6 Å². The molecule has 0 saturated carbocycles. The highest BCUT2D eigenvalue weighted by molar-refractivity contribution is 9.10. The zero-order valence-corrected chi connectivity index (χ0v) is 13.5. The van der Waals surface area contributed by atoms with Crippen molar-refractivity contribution in [2.75, 3.05) is 5.32 Å². The topological polar surface area (TPSA) is 55.4 Å². The molecule has 5 heteroatoms. The van der Waals surface area contributed by atoms with E-state index in [-0.39, 0.29) is 5.91 Å². The number of benzene rings is 2. The van der Waals surface area contributed by atoms with Gasteiger partial charge in [-0.2, -0.15) is 0 Å². The Morgan fingerprint density at radius 1 is 1.27 bits per heavy atom. The van der Waals surface area contributed by atoms with Crippen LogP contribution in [-0.2, 0) is 16.0 Å². The van der Waals surface area contributed by atoms with Crippen LogP contribution in [0, 0.1) is 6.92 Å². The van der Waals surface area contributed by atoms with Gasteiger partial charge in [0.1, 0.15) is 0 Å². The number of amides is 1. The van der Waals surface area contributed by atoms with Gasteiger partial charge in [0.05, 0.1) is 5.56 Å². The van der Waals surface area contributed by atoms with Crippen LogP contribution in [0.15, 0.2) is 46.9 Å². The van der Waals surface area contributed by atoms with Gasteiger partial charge in [0.25, 0.3) is 5.91 Å². The number of rotatable bonds is 2. The van der Waals surface area contributed by atoms with Crippen LogP contribution in [-0.4, -0.2) is 18.0 Å². The lowest BCUT2D eigenvalue weighted by molar-refractivity contribution is -0.125. The third-order valence-electron chi connectivity index (χ3n) is 3.61. The number of nitrogens with one attached hydrogen (secondary N) is 1. The first-order chi connectivity index (χ1) is 10.5. The average molecular weight is 360 g/mol. The molecule has 1 aliphatic rings.